The van der Waals surface area contributed by atoms with Crippen molar-refractivity contribution in [1.82, 2.24) is 9.38 Å². The molecule has 0 amide bonds. The first-order valence-electron chi connectivity index (χ1n) is 3.16. The molecule has 0 fully saturated rings. The van der Waals surface area contributed by atoms with Crippen molar-refractivity contribution in [3.8, 4) is 0 Å². The van der Waals surface area contributed by atoms with E-state index in [0.717, 1.165) is 0 Å². The third-order valence-corrected chi connectivity index (χ3v) is 2.06. The summed E-state index contributed by atoms with van der Waals surface area (Å²) in [7, 11) is 0. The maximum Gasteiger partial charge on any atom is 0.174 e. The van der Waals surface area contributed by atoms with E-state index in [0.29, 0.717) is 4.47 Å². The molecule has 0 saturated heterocycles. The molecule has 0 spiro atoms. The fourth-order valence-corrected chi connectivity index (χ4v) is 1.60. The van der Waals surface area contributed by atoms with E-state index < -0.39 is 5.82 Å². The molecule has 2 aromatic rings. The lowest BCUT2D eigenvalue weighted by molar-refractivity contribution is 0.629. The number of nitrogens with zero attached hydrogens (tertiary/aromatic N) is 2. The number of pyridine rings is 1. The third-order valence-electron chi connectivity index (χ3n) is 1.44. The first-order chi connectivity index (χ1) is 5.66. The standard InChI is InChI=1S/C7H3BrClFN2/c8-4-1-5(10)7-11-6(9)3-12(7)2-4/h1-3H. The summed E-state index contributed by atoms with van der Waals surface area (Å²) < 4.78 is 15.3. The van der Waals surface area contributed by atoms with Crippen LogP contribution in [-0.4, -0.2) is 9.38 Å². The summed E-state index contributed by atoms with van der Waals surface area (Å²) in [5, 5.41) is 0.284. The molecule has 0 aliphatic carbocycles. The summed E-state index contributed by atoms with van der Waals surface area (Å²) in [5.74, 6) is -0.392. The maximum atomic E-state index is 13.1. The fourth-order valence-electron chi connectivity index (χ4n) is 0.995. The van der Waals surface area contributed by atoms with Gasteiger partial charge in [0.15, 0.2) is 11.5 Å². The molecule has 0 saturated carbocycles. The van der Waals surface area contributed by atoms with E-state index in [-0.39, 0.29) is 10.8 Å². The van der Waals surface area contributed by atoms with Crippen LogP contribution in [0.1, 0.15) is 0 Å². The lowest BCUT2D eigenvalue weighted by Gasteiger charge is -1.94. The Morgan fingerprint density at radius 2 is 2.25 bits per heavy atom. The molecule has 0 bridgehead atoms. The van der Waals surface area contributed by atoms with Crippen LogP contribution in [0.25, 0.3) is 5.65 Å². The predicted molar refractivity (Wildman–Crippen MR) is 47.9 cm³/mol. The molecule has 5 heteroatoms. The summed E-state index contributed by atoms with van der Waals surface area (Å²) in [6, 6.07) is 1.35. The Bertz CT molecular complexity index is 440. The van der Waals surface area contributed by atoms with Crippen LogP contribution in [0.5, 0.6) is 0 Å². The molecule has 0 N–H and O–H groups in total. The van der Waals surface area contributed by atoms with Gasteiger partial charge in [0.2, 0.25) is 0 Å². The minimum atomic E-state index is -0.392. The minimum Gasteiger partial charge on any atom is -0.302 e. The van der Waals surface area contributed by atoms with E-state index in [1.807, 2.05) is 0 Å². The van der Waals surface area contributed by atoms with Gasteiger partial charge in [-0.05, 0) is 22.0 Å². The Morgan fingerprint density at radius 3 is 3.00 bits per heavy atom. The van der Waals surface area contributed by atoms with Gasteiger partial charge in [-0.2, -0.15) is 0 Å². The van der Waals surface area contributed by atoms with Crippen LogP contribution in [0.15, 0.2) is 22.9 Å². The van der Waals surface area contributed by atoms with Gasteiger partial charge in [-0.25, -0.2) is 9.37 Å². The van der Waals surface area contributed by atoms with Gasteiger partial charge in [0.25, 0.3) is 0 Å². The second kappa shape index (κ2) is 2.71. The number of rotatable bonds is 0. The number of imidazole rings is 1. The van der Waals surface area contributed by atoms with E-state index in [9.17, 15) is 4.39 Å². The zero-order chi connectivity index (χ0) is 8.72. The minimum absolute atomic E-state index is 0.239. The van der Waals surface area contributed by atoms with Gasteiger partial charge >= 0.3 is 0 Å². The van der Waals surface area contributed by atoms with Crippen LogP contribution in [0.2, 0.25) is 5.15 Å². The Kier molecular flexibility index (Phi) is 1.81. The molecule has 2 nitrogen and oxygen atoms in total. The van der Waals surface area contributed by atoms with Crippen molar-refractivity contribution in [2.45, 2.75) is 0 Å². The summed E-state index contributed by atoms with van der Waals surface area (Å²) in [6.07, 6.45) is 3.24. The van der Waals surface area contributed by atoms with Gasteiger partial charge in [0.1, 0.15) is 5.15 Å². The first-order valence-corrected chi connectivity index (χ1v) is 4.33. The molecular weight excluding hydrogens is 246 g/mol. The van der Waals surface area contributed by atoms with Gasteiger partial charge in [0, 0.05) is 16.9 Å². The van der Waals surface area contributed by atoms with Crippen molar-refractivity contribution >= 4 is 33.2 Å². The van der Waals surface area contributed by atoms with Crippen molar-refractivity contribution < 1.29 is 4.39 Å². The highest BCUT2D eigenvalue weighted by Crippen LogP contribution is 2.18. The second-order valence-corrected chi connectivity index (χ2v) is 3.60. The topological polar surface area (TPSA) is 17.3 Å². The van der Waals surface area contributed by atoms with Crippen LogP contribution >= 0.6 is 27.5 Å². The lowest BCUT2D eigenvalue weighted by Crippen LogP contribution is -1.87. The second-order valence-electron chi connectivity index (χ2n) is 2.30. The van der Waals surface area contributed by atoms with Crippen molar-refractivity contribution in [3.63, 3.8) is 0 Å². The average molecular weight is 249 g/mol. The number of hydrogen-bond acceptors (Lipinski definition) is 1. The number of hydrogen-bond donors (Lipinski definition) is 0. The predicted octanol–water partition coefficient (Wildman–Crippen LogP) is 2.89. The van der Waals surface area contributed by atoms with Crippen molar-refractivity contribution in [2.24, 2.45) is 0 Å². The van der Waals surface area contributed by atoms with Crippen molar-refractivity contribution in [2.75, 3.05) is 0 Å². The van der Waals surface area contributed by atoms with Crippen LogP contribution in [-0.2, 0) is 0 Å². The van der Waals surface area contributed by atoms with Gasteiger partial charge in [0.05, 0.1) is 0 Å². The van der Waals surface area contributed by atoms with Crippen LogP contribution in [0.4, 0.5) is 4.39 Å². The molecule has 12 heavy (non-hydrogen) atoms. The first kappa shape index (κ1) is 8.01. The van der Waals surface area contributed by atoms with Crippen molar-refractivity contribution in [1.29, 1.82) is 0 Å². The molecule has 0 atom stereocenters. The van der Waals surface area contributed by atoms with Gasteiger partial charge in [-0.3, -0.25) is 0 Å². The van der Waals surface area contributed by atoms with E-state index in [1.165, 1.54) is 10.5 Å². The summed E-state index contributed by atoms with van der Waals surface area (Å²) in [4.78, 5) is 3.79. The number of aromatic nitrogens is 2. The molecule has 2 rings (SSSR count). The molecular formula is C7H3BrClFN2. The highest BCUT2D eigenvalue weighted by molar-refractivity contribution is 9.10. The van der Waals surface area contributed by atoms with E-state index in [4.69, 9.17) is 11.6 Å². The molecule has 2 heterocycles. The summed E-state index contributed by atoms with van der Waals surface area (Å²) in [5.41, 5.74) is 0.239. The third kappa shape index (κ3) is 1.21. The maximum absolute atomic E-state index is 13.1. The zero-order valence-electron chi connectivity index (χ0n) is 5.76. The monoisotopic (exact) mass is 248 g/mol. The zero-order valence-corrected chi connectivity index (χ0v) is 8.10. The highest BCUT2D eigenvalue weighted by atomic mass is 79.9. The average Bonchev–Trinajstić information content (AvgIpc) is 2.29. The normalized spacial score (nSPS) is 10.9. The molecule has 62 valence electrons. The van der Waals surface area contributed by atoms with E-state index in [1.54, 1.807) is 12.4 Å². The molecule has 0 radical (unpaired) electrons. The molecule has 0 aromatic carbocycles. The van der Waals surface area contributed by atoms with E-state index >= 15 is 0 Å². The highest BCUT2D eigenvalue weighted by Gasteiger charge is 2.05. The number of fused-ring (bicyclic) bond motifs is 1. The lowest BCUT2D eigenvalue weighted by atomic mass is 10.4. The Hall–Kier alpha value is -0.610. The summed E-state index contributed by atoms with van der Waals surface area (Å²) >= 11 is 8.75. The Balaban J connectivity index is 2.88. The quantitative estimate of drug-likeness (QED) is 0.702. The molecule has 0 unspecified atom stereocenters. The molecule has 0 aliphatic rings. The largest absolute Gasteiger partial charge is 0.302 e. The van der Waals surface area contributed by atoms with Crippen molar-refractivity contribution in [3.05, 3.63) is 33.9 Å². The van der Waals surface area contributed by atoms with E-state index in [2.05, 4.69) is 20.9 Å². The van der Waals surface area contributed by atoms with Crippen LogP contribution in [0, 0.1) is 5.82 Å². The van der Waals surface area contributed by atoms with Gasteiger partial charge in [-0.15, -0.1) is 0 Å². The Morgan fingerprint density at radius 1 is 1.50 bits per heavy atom. The molecule has 2 aromatic heterocycles. The Labute approximate surface area is 81.1 Å². The van der Waals surface area contributed by atoms with Gasteiger partial charge < -0.3 is 4.40 Å². The smallest absolute Gasteiger partial charge is 0.174 e. The van der Waals surface area contributed by atoms with Gasteiger partial charge in [-0.1, -0.05) is 11.6 Å². The SMILES string of the molecule is Fc1cc(Br)cn2cc(Cl)nc12. The fraction of sp³-hybridized carbons (Fsp3) is 0. The van der Waals surface area contributed by atoms with Crippen LogP contribution in [0.3, 0.4) is 0 Å². The molecule has 0 aliphatic heterocycles. The van der Waals surface area contributed by atoms with Crippen LogP contribution < -0.4 is 0 Å². The number of halogens is 3. The summed E-state index contributed by atoms with van der Waals surface area (Å²) in [6.45, 7) is 0.